The summed E-state index contributed by atoms with van der Waals surface area (Å²) >= 11 is 1.53. The van der Waals surface area contributed by atoms with Crippen molar-refractivity contribution in [1.29, 1.82) is 0 Å². The maximum Gasteiger partial charge on any atom is 0.246 e. The van der Waals surface area contributed by atoms with Crippen LogP contribution in [0, 0.1) is 0 Å². The van der Waals surface area contributed by atoms with Crippen molar-refractivity contribution in [2.24, 2.45) is 0 Å². The molecule has 0 atom stereocenters. The first-order valence-corrected chi connectivity index (χ1v) is 8.57. The highest BCUT2D eigenvalue weighted by Crippen LogP contribution is 2.34. The molecule has 0 saturated heterocycles. The number of thiophene rings is 1. The zero-order valence-corrected chi connectivity index (χ0v) is 12.5. The molecule has 0 radical (unpaired) electrons. The molecule has 0 saturated carbocycles. The van der Waals surface area contributed by atoms with Crippen LogP contribution < -0.4 is 10.1 Å². The third kappa shape index (κ3) is 2.28. The Balaban J connectivity index is 1.99. The predicted octanol–water partition coefficient (Wildman–Crippen LogP) is 2.93. The number of benzene rings is 1. The molecular formula is C13H14N2O3S2. The summed E-state index contributed by atoms with van der Waals surface area (Å²) in [7, 11) is -3.44. The van der Waals surface area contributed by atoms with Crippen LogP contribution in [-0.4, -0.2) is 25.9 Å². The van der Waals surface area contributed by atoms with Crippen LogP contribution >= 0.6 is 11.3 Å². The third-order valence-corrected chi connectivity index (χ3v) is 5.72. The topological polar surface area (TPSA) is 58.6 Å². The van der Waals surface area contributed by atoms with Crippen LogP contribution in [0.3, 0.4) is 0 Å². The molecule has 0 aliphatic carbocycles. The summed E-state index contributed by atoms with van der Waals surface area (Å²) in [6.07, 6.45) is 0. The molecule has 3 rings (SSSR count). The van der Waals surface area contributed by atoms with Gasteiger partial charge in [-0.25, -0.2) is 8.42 Å². The highest BCUT2D eigenvalue weighted by molar-refractivity contribution is 7.89. The molecule has 5 nitrogen and oxygen atoms in total. The first kappa shape index (κ1) is 13.4. The fraction of sp³-hybridized carbons (Fsp3) is 0.231. The second kappa shape index (κ2) is 5.08. The van der Waals surface area contributed by atoms with Crippen LogP contribution in [0.1, 0.15) is 6.92 Å². The van der Waals surface area contributed by atoms with Gasteiger partial charge in [-0.3, -0.25) is 0 Å². The Morgan fingerprint density at radius 3 is 2.90 bits per heavy atom. The minimum absolute atomic E-state index is 0.262. The summed E-state index contributed by atoms with van der Waals surface area (Å²) in [6, 6.07) is 6.91. The fourth-order valence-electron chi connectivity index (χ4n) is 2.05. The highest BCUT2D eigenvalue weighted by atomic mass is 32.2. The van der Waals surface area contributed by atoms with Crippen LogP contribution in [0.15, 0.2) is 39.9 Å². The monoisotopic (exact) mass is 310 g/mol. The number of nitrogens with zero attached hydrogens (tertiary/aromatic N) is 1. The molecule has 0 fully saturated rings. The summed E-state index contributed by atoms with van der Waals surface area (Å²) in [5, 5.41) is 6.87. The lowest BCUT2D eigenvalue weighted by Gasteiger charge is -2.28. The molecule has 1 N–H and O–H groups in total. The van der Waals surface area contributed by atoms with E-state index in [0.717, 1.165) is 0 Å². The first-order chi connectivity index (χ1) is 9.61. The average Bonchev–Trinajstić information content (AvgIpc) is 2.92. The van der Waals surface area contributed by atoms with E-state index >= 15 is 0 Å². The molecular weight excluding hydrogens is 296 g/mol. The Hall–Kier alpha value is -1.57. The number of rotatable bonds is 3. The third-order valence-electron chi connectivity index (χ3n) is 3.10. The summed E-state index contributed by atoms with van der Waals surface area (Å²) in [5.41, 5.74) is 0.618. The Kier molecular flexibility index (Phi) is 3.41. The molecule has 20 heavy (non-hydrogen) atoms. The van der Waals surface area contributed by atoms with E-state index in [1.807, 2.05) is 23.8 Å². The molecule has 1 aliphatic rings. The van der Waals surface area contributed by atoms with Gasteiger partial charge in [0.15, 0.2) is 0 Å². The quantitative estimate of drug-likeness (QED) is 0.947. The Morgan fingerprint density at radius 1 is 1.35 bits per heavy atom. The van der Waals surface area contributed by atoms with E-state index in [4.69, 9.17) is 4.74 Å². The summed E-state index contributed by atoms with van der Waals surface area (Å²) in [5.74, 6) is 1.23. The molecule has 0 bridgehead atoms. The zero-order chi connectivity index (χ0) is 14.2. The van der Waals surface area contributed by atoms with E-state index in [-0.39, 0.29) is 4.90 Å². The van der Waals surface area contributed by atoms with Crippen LogP contribution in [0.25, 0.3) is 0 Å². The fourth-order valence-corrected chi connectivity index (χ4v) is 4.14. The molecule has 1 aliphatic heterocycles. The molecule has 1 aromatic carbocycles. The number of fused-ring (bicyclic) bond motifs is 1. The minimum atomic E-state index is -3.44. The van der Waals surface area contributed by atoms with Gasteiger partial charge in [0.1, 0.15) is 16.4 Å². The number of nitrogens with one attached hydrogen (secondary N) is 1. The summed E-state index contributed by atoms with van der Waals surface area (Å²) in [6.45, 7) is 2.55. The second-order valence-corrected chi connectivity index (χ2v) is 7.01. The normalized spacial score (nSPS) is 17.2. The maximum absolute atomic E-state index is 12.4. The van der Waals surface area contributed by atoms with Crippen LogP contribution in [-0.2, 0) is 10.0 Å². The lowest BCUT2D eigenvalue weighted by atomic mass is 10.3. The molecule has 7 heteroatoms. The maximum atomic E-state index is 12.4. The lowest BCUT2D eigenvalue weighted by Crippen LogP contribution is -2.39. The number of ether oxygens (including phenoxy) is 1. The zero-order valence-electron chi connectivity index (χ0n) is 10.9. The van der Waals surface area contributed by atoms with Crippen LogP contribution in [0.2, 0.25) is 0 Å². The van der Waals surface area contributed by atoms with E-state index in [0.29, 0.717) is 30.4 Å². The molecule has 2 heterocycles. The van der Waals surface area contributed by atoms with Crippen molar-refractivity contribution >= 4 is 27.0 Å². The van der Waals surface area contributed by atoms with Crippen molar-refractivity contribution in [3.63, 3.8) is 0 Å². The number of sulfonamides is 1. The number of hydrogen-bond acceptors (Lipinski definition) is 5. The van der Waals surface area contributed by atoms with Crippen molar-refractivity contribution < 1.29 is 13.2 Å². The van der Waals surface area contributed by atoms with E-state index in [9.17, 15) is 8.42 Å². The second-order valence-electron chi connectivity index (χ2n) is 4.33. The largest absolute Gasteiger partial charge is 0.456 e. The van der Waals surface area contributed by atoms with Gasteiger partial charge in [-0.15, -0.1) is 11.3 Å². The van der Waals surface area contributed by atoms with Gasteiger partial charge in [0.2, 0.25) is 10.0 Å². The Bertz CT molecular complexity index is 711. The van der Waals surface area contributed by atoms with Crippen molar-refractivity contribution in [2.75, 3.05) is 18.5 Å². The average molecular weight is 310 g/mol. The van der Waals surface area contributed by atoms with Crippen molar-refractivity contribution in [2.45, 2.75) is 11.8 Å². The predicted molar refractivity (Wildman–Crippen MR) is 78.9 cm³/mol. The van der Waals surface area contributed by atoms with Gasteiger partial charge in [-0.2, -0.15) is 4.31 Å². The minimum Gasteiger partial charge on any atom is -0.456 e. The van der Waals surface area contributed by atoms with E-state index in [2.05, 4.69) is 5.32 Å². The molecule has 0 spiro atoms. The van der Waals surface area contributed by atoms with Crippen molar-refractivity contribution in [3.8, 4) is 11.5 Å². The SMILES string of the molecule is CCN1CNc2ccc(Oc3ccsc3)cc2S1(=O)=O. The summed E-state index contributed by atoms with van der Waals surface area (Å²) < 4.78 is 31.9. The van der Waals surface area contributed by atoms with Gasteiger partial charge >= 0.3 is 0 Å². The lowest BCUT2D eigenvalue weighted by molar-refractivity contribution is 0.439. The van der Waals surface area contributed by atoms with Crippen molar-refractivity contribution in [1.82, 2.24) is 4.31 Å². The van der Waals surface area contributed by atoms with Crippen LogP contribution in [0.5, 0.6) is 11.5 Å². The van der Waals surface area contributed by atoms with E-state index < -0.39 is 10.0 Å². The molecule has 0 amide bonds. The van der Waals surface area contributed by atoms with Gasteiger partial charge in [-0.05, 0) is 23.6 Å². The smallest absolute Gasteiger partial charge is 0.246 e. The first-order valence-electron chi connectivity index (χ1n) is 6.19. The highest BCUT2D eigenvalue weighted by Gasteiger charge is 2.30. The molecule has 1 aromatic heterocycles. The van der Waals surface area contributed by atoms with Gasteiger partial charge in [-0.1, -0.05) is 6.92 Å². The van der Waals surface area contributed by atoms with E-state index in [1.54, 1.807) is 18.2 Å². The summed E-state index contributed by atoms with van der Waals surface area (Å²) in [4.78, 5) is 0.262. The standard InChI is InChI=1S/C13H14N2O3S2/c1-2-15-9-14-12-4-3-10(7-13(12)20(15,16)17)18-11-5-6-19-8-11/h3-8,14H,2,9H2,1H3. The molecule has 106 valence electrons. The van der Waals surface area contributed by atoms with E-state index in [1.165, 1.54) is 15.6 Å². The van der Waals surface area contributed by atoms with Gasteiger partial charge < -0.3 is 10.1 Å². The van der Waals surface area contributed by atoms with Crippen LogP contribution in [0.4, 0.5) is 5.69 Å². The number of hydrogen-bond donors (Lipinski definition) is 1. The van der Waals surface area contributed by atoms with Gasteiger partial charge in [0.25, 0.3) is 0 Å². The Labute approximate surface area is 121 Å². The van der Waals surface area contributed by atoms with Gasteiger partial charge in [0, 0.05) is 18.0 Å². The number of anilines is 1. The van der Waals surface area contributed by atoms with Crippen molar-refractivity contribution in [3.05, 3.63) is 35.0 Å². The molecule has 0 unspecified atom stereocenters. The Morgan fingerprint density at radius 2 is 2.20 bits per heavy atom. The molecule has 2 aromatic rings. The van der Waals surface area contributed by atoms with Gasteiger partial charge in [0.05, 0.1) is 12.4 Å².